The zero-order valence-electron chi connectivity index (χ0n) is 17.0. The van der Waals surface area contributed by atoms with E-state index in [9.17, 15) is 4.79 Å². The summed E-state index contributed by atoms with van der Waals surface area (Å²) in [7, 11) is 0. The van der Waals surface area contributed by atoms with E-state index in [1.807, 2.05) is 41.3 Å². The molecule has 0 unspecified atom stereocenters. The molecule has 0 saturated carbocycles. The topological polar surface area (TPSA) is 95.1 Å². The fourth-order valence-corrected chi connectivity index (χ4v) is 3.68. The van der Waals surface area contributed by atoms with Crippen LogP contribution in [0.3, 0.4) is 0 Å². The van der Waals surface area contributed by atoms with Gasteiger partial charge in [0.25, 0.3) is 0 Å². The Morgan fingerprint density at radius 3 is 2.68 bits per heavy atom. The number of pyridine rings is 1. The van der Waals surface area contributed by atoms with Gasteiger partial charge in [-0.05, 0) is 71.1 Å². The normalized spacial score (nSPS) is 13.1. The second-order valence-corrected chi connectivity index (χ2v) is 8.11. The van der Waals surface area contributed by atoms with E-state index in [2.05, 4.69) is 46.8 Å². The predicted molar refractivity (Wildman–Crippen MR) is 126 cm³/mol. The van der Waals surface area contributed by atoms with Crippen LogP contribution < -0.4 is 16.0 Å². The Kier molecular flexibility index (Phi) is 6.93. The number of benzene rings is 1. The minimum atomic E-state index is -0.0600. The highest BCUT2D eigenvalue weighted by molar-refractivity contribution is 9.10. The monoisotopic (exact) mass is 481 g/mol. The third kappa shape index (κ3) is 5.91. The molecular formula is C22H24BrN7O. The van der Waals surface area contributed by atoms with E-state index in [0.717, 1.165) is 54.7 Å². The van der Waals surface area contributed by atoms with Crippen LogP contribution in [0.4, 0.5) is 27.9 Å². The van der Waals surface area contributed by atoms with Gasteiger partial charge in [0.1, 0.15) is 5.82 Å². The smallest absolute Gasteiger partial charge is 0.321 e. The van der Waals surface area contributed by atoms with Crippen LogP contribution in [-0.2, 0) is 6.42 Å². The summed E-state index contributed by atoms with van der Waals surface area (Å²) in [6.07, 6.45) is 8.28. The van der Waals surface area contributed by atoms with E-state index in [0.29, 0.717) is 11.8 Å². The van der Waals surface area contributed by atoms with E-state index in [-0.39, 0.29) is 6.03 Å². The fraction of sp³-hybridized carbons (Fsp3) is 0.273. The zero-order valence-corrected chi connectivity index (χ0v) is 18.6. The van der Waals surface area contributed by atoms with E-state index in [1.54, 1.807) is 18.6 Å². The van der Waals surface area contributed by atoms with Crippen molar-refractivity contribution in [1.29, 1.82) is 0 Å². The van der Waals surface area contributed by atoms with Gasteiger partial charge in [0.2, 0.25) is 5.95 Å². The molecule has 0 spiro atoms. The highest BCUT2D eigenvalue weighted by Gasteiger charge is 2.17. The molecule has 0 atom stereocenters. The standard InChI is InChI=1S/C22H24BrN7O/c23-19-15-26-21(29-20(19)25-11-8-16-6-9-24-10-7-16)27-17-4-3-5-18(14-17)28-22(31)30-12-1-2-13-30/h3-7,9-10,14-15H,1-2,8,11-13H2,(H,28,31)(H2,25,26,27,29). The summed E-state index contributed by atoms with van der Waals surface area (Å²) in [5, 5.41) is 9.50. The van der Waals surface area contributed by atoms with E-state index < -0.39 is 0 Å². The maximum atomic E-state index is 12.3. The van der Waals surface area contributed by atoms with Gasteiger partial charge in [-0.1, -0.05) is 6.07 Å². The summed E-state index contributed by atoms with van der Waals surface area (Å²) >= 11 is 3.50. The highest BCUT2D eigenvalue weighted by Crippen LogP contribution is 2.23. The number of urea groups is 1. The number of carbonyl (C=O) groups excluding carboxylic acids is 1. The van der Waals surface area contributed by atoms with Crippen molar-refractivity contribution in [2.24, 2.45) is 0 Å². The van der Waals surface area contributed by atoms with Crippen molar-refractivity contribution < 1.29 is 4.79 Å². The Bertz CT molecular complexity index is 1030. The molecule has 31 heavy (non-hydrogen) atoms. The Labute approximate surface area is 189 Å². The number of carbonyl (C=O) groups is 1. The molecule has 1 aliphatic heterocycles. The zero-order chi connectivity index (χ0) is 21.5. The molecule has 4 rings (SSSR count). The van der Waals surface area contributed by atoms with Gasteiger partial charge in [0, 0.05) is 49.6 Å². The van der Waals surface area contributed by atoms with Gasteiger partial charge in [-0.15, -0.1) is 0 Å². The van der Waals surface area contributed by atoms with Crippen LogP contribution in [0.1, 0.15) is 18.4 Å². The molecule has 2 amide bonds. The van der Waals surface area contributed by atoms with Crippen LogP contribution in [0.2, 0.25) is 0 Å². The molecular weight excluding hydrogens is 458 g/mol. The molecule has 0 aliphatic carbocycles. The van der Waals surface area contributed by atoms with Gasteiger partial charge >= 0.3 is 6.03 Å². The molecule has 3 aromatic rings. The van der Waals surface area contributed by atoms with E-state index in [4.69, 9.17) is 0 Å². The molecule has 3 heterocycles. The number of nitrogens with one attached hydrogen (secondary N) is 3. The van der Waals surface area contributed by atoms with Gasteiger partial charge in [-0.25, -0.2) is 9.78 Å². The molecule has 8 nitrogen and oxygen atoms in total. The summed E-state index contributed by atoms with van der Waals surface area (Å²) in [5.41, 5.74) is 2.73. The number of likely N-dealkylation sites (tertiary alicyclic amines) is 1. The van der Waals surface area contributed by atoms with E-state index >= 15 is 0 Å². The Balaban J connectivity index is 1.37. The SMILES string of the molecule is O=C(Nc1cccc(Nc2ncc(Br)c(NCCc3ccncc3)n2)c1)N1CCCC1. The number of aromatic nitrogens is 3. The fourth-order valence-electron chi connectivity index (χ4n) is 3.35. The Hall–Kier alpha value is -3.20. The number of hydrogen-bond acceptors (Lipinski definition) is 6. The molecule has 1 saturated heterocycles. The first kappa shape index (κ1) is 21.0. The molecule has 0 bridgehead atoms. The lowest BCUT2D eigenvalue weighted by molar-refractivity contribution is 0.222. The van der Waals surface area contributed by atoms with Crippen LogP contribution in [-0.4, -0.2) is 45.5 Å². The third-order valence-electron chi connectivity index (χ3n) is 4.96. The first-order chi connectivity index (χ1) is 15.2. The molecule has 0 radical (unpaired) electrons. The predicted octanol–water partition coefficient (Wildman–Crippen LogP) is 4.66. The van der Waals surface area contributed by atoms with Crippen molar-refractivity contribution in [1.82, 2.24) is 19.9 Å². The van der Waals surface area contributed by atoms with Gasteiger partial charge in [-0.3, -0.25) is 4.98 Å². The Morgan fingerprint density at radius 2 is 1.87 bits per heavy atom. The highest BCUT2D eigenvalue weighted by atomic mass is 79.9. The lowest BCUT2D eigenvalue weighted by Gasteiger charge is -2.16. The summed E-state index contributed by atoms with van der Waals surface area (Å²) in [6.45, 7) is 2.36. The van der Waals surface area contributed by atoms with Gasteiger partial charge in [0.05, 0.1) is 4.47 Å². The van der Waals surface area contributed by atoms with E-state index in [1.165, 1.54) is 5.56 Å². The third-order valence-corrected chi connectivity index (χ3v) is 5.54. The summed E-state index contributed by atoms with van der Waals surface area (Å²) in [5.74, 6) is 1.18. The Morgan fingerprint density at radius 1 is 1.10 bits per heavy atom. The molecule has 1 fully saturated rings. The number of amides is 2. The summed E-state index contributed by atoms with van der Waals surface area (Å²) < 4.78 is 0.791. The number of rotatable bonds is 7. The number of nitrogens with zero attached hydrogens (tertiary/aromatic N) is 4. The number of anilines is 4. The largest absolute Gasteiger partial charge is 0.369 e. The minimum Gasteiger partial charge on any atom is -0.369 e. The average molecular weight is 482 g/mol. The van der Waals surface area contributed by atoms with Crippen LogP contribution in [0, 0.1) is 0 Å². The lowest BCUT2D eigenvalue weighted by atomic mass is 10.2. The molecule has 160 valence electrons. The molecule has 9 heteroatoms. The molecule has 2 aromatic heterocycles. The first-order valence-electron chi connectivity index (χ1n) is 10.3. The van der Waals surface area contributed by atoms with Crippen molar-refractivity contribution in [3.8, 4) is 0 Å². The average Bonchev–Trinajstić information content (AvgIpc) is 3.32. The van der Waals surface area contributed by atoms with Gasteiger partial charge in [0.15, 0.2) is 0 Å². The van der Waals surface area contributed by atoms with Gasteiger partial charge in [-0.2, -0.15) is 4.98 Å². The van der Waals surface area contributed by atoms with Crippen molar-refractivity contribution >= 4 is 45.1 Å². The lowest BCUT2D eigenvalue weighted by Crippen LogP contribution is -2.32. The second kappa shape index (κ2) is 10.2. The molecule has 1 aliphatic rings. The molecule has 3 N–H and O–H groups in total. The van der Waals surface area contributed by atoms with Crippen molar-refractivity contribution in [3.05, 3.63) is 65.0 Å². The quantitative estimate of drug-likeness (QED) is 0.454. The summed E-state index contributed by atoms with van der Waals surface area (Å²) in [6, 6.07) is 11.5. The first-order valence-corrected chi connectivity index (χ1v) is 11.0. The van der Waals surface area contributed by atoms with Crippen LogP contribution in [0.25, 0.3) is 0 Å². The number of halogens is 1. The van der Waals surface area contributed by atoms with Crippen LogP contribution in [0.5, 0.6) is 0 Å². The van der Waals surface area contributed by atoms with Crippen molar-refractivity contribution in [3.63, 3.8) is 0 Å². The van der Waals surface area contributed by atoms with Gasteiger partial charge < -0.3 is 20.9 Å². The van der Waals surface area contributed by atoms with Crippen molar-refractivity contribution in [2.75, 3.05) is 35.6 Å². The maximum Gasteiger partial charge on any atom is 0.321 e. The molecule has 1 aromatic carbocycles. The maximum absolute atomic E-state index is 12.3. The van der Waals surface area contributed by atoms with Crippen LogP contribution >= 0.6 is 15.9 Å². The summed E-state index contributed by atoms with van der Waals surface area (Å²) in [4.78, 5) is 27.1. The minimum absolute atomic E-state index is 0.0600. The number of hydrogen-bond donors (Lipinski definition) is 3. The second-order valence-electron chi connectivity index (χ2n) is 7.25. The van der Waals surface area contributed by atoms with Crippen molar-refractivity contribution in [2.45, 2.75) is 19.3 Å². The van der Waals surface area contributed by atoms with Crippen LogP contribution in [0.15, 0.2) is 59.5 Å².